The number of methoxy groups -OCH3 is 1. The van der Waals surface area contributed by atoms with E-state index in [1.54, 1.807) is 26.0 Å². The van der Waals surface area contributed by atoms with Gasteiger partial charge in [-0.05, 0) is 32.4 Å². The van der Waals surface area contributed by atoms with Gasteiger partial charge in [-0.25, -0.2) is 0 Å². The smallest absolute Gasteiger partial charge is 0.437 e. The fourth-order valence-corrected chi connectivity index (χ4v) is 3.68. The molecule has 28 heavy (non-hydrogen) atoms. The van der Waals surface area contributed by atoms with E-state index >= 15 is 0 Å². The third-order valence-electron chi connectivity index (χ3n) is 3.99. The maximum absolute atomic E-state index is 13.3. The first-order valence-corrected chi connectivity index (χ1v) is 9.55. The summed E-state index contributed by atoms with van der Waals surface area (Å²) >= 11 is 0. The minimum absolute atomic E-state index is 0.0237. The van der Waals surface area contributed by atoms with Crippen LogP contribution in [0.3, 0.4) is 0 Å². The van der Waals surface area contributed by atoms with Crippen molar-refractivity contribution in [2.45, 2.75) is 38.6 Å². The molecule has 0 radical (unpaired) electrons. The molecule has 0 aliphatic heterocycles. The van der Waals surface area contributed by atoms with Crippen molar-refractivity contribution in [3.8, 4) is 5.88 Å². The normalized spacial score (nSPS) is 12.5. The van der Waals surface area contributed by atoms with Gasteiger partial charge in [-0.15, -0.1) is 5.10 Å². The quantitative estimate of drug-likeness (QED) is 0.683. The molecule has 0 spiro atoms. The van der Waals surface area contributed by atoms with E-state index in [4.69, 9.17) is 4.74 Å². The summed E-state index contributed by atoms with van der Waals surface area (Å²) in [7, 11) is -3.14. The monoisotopic (exact) mass is 418 g/mol. The van der Waals surface area contributed by atoms with Crippen LogP contribution in [0.2, 0.25) is 0 Å². The van der Waals surface area contributed by atoms with Crippen molar-refractivity contribution in [3.63, 3.8) is 0 Å². The number of anilines is 1. The Labute approximate surface area is 158 Å². The number of halogens is 3. The second kappa shape index (κ2) is 6.65. The molecule has 0 aliphatic carbocycles. The number of nitrogens with one attached hydrogen (secondary N) is 1. The van der Waals surface area contributed by atoms with Gasteiger partial charge in [0.15, 0.2) is 11.3 Å². The highest BCUT2D eigenvalue weighted by atomic mass is 32.2. The highest BCUT2D eigenvalue weighted by molar-refractivity contribution is 7.92. The first kappa shape index (κ1) is 19.9. The molecule has 0 amide bonds. The molecule has 3 aromatic rings. The first-order valence-electron chi connectivity index (χ1n) is 8.06. The molecular formula is C15H17F3N6O3S. The van der Waals surface area contributed by atoms with Crippen LogP contribution in [-0.2, 0) is 22.7 Å². The van der Waals surface area contributed by atoms with Crippen molar-refractivity contribution < 1.29 is 26.3 Å². The fourth-order valence-electron chi connectivity index (χ4n) is 2.68. The molecule has 9 nitrogen and oxygen atoms in total. The van der Waals surface area contributed by atoms with Gasteiger partial charge in [0.05, 0.1) is 12.8 Å². The maximum Gasteiger partial charge on any atom is 0.437 e. The molecule has 0 unspecified atom stereocenters. The standard InChI is InChI=1S/C15H17F3N6O3S/c1-5-23-9(3)12(13(20-23)15(16,17)18)22-28(25,26)14-19-10-6-8(2)7-11(27-4)24(10)21-14/h6-7,22H,5H2,1-4H3. The van der Waals surface area contributed by atoms with Gasteiger partial charge >= 0.3 is 6.18 Å². The van der Waals surface area contributed by atoms with E-state index in [0.717, 1.165) is 14.8 Å². The van der Waals surface area contributed by atoms with Crippen LogP contribution in [-0.4, -0.2) is 39.9 Å². The van der Waals surface area contributed by atoms with Crippen molar-refractivity contribution in [2.75, 3.05) is 11.8 Å². The van der Waals surface area contributed by atoms with Crippen molar-refractivity contribution >= 4 is 21.4 Å². The third kappa shape index (κ3) is 3.37. The molecule has 0 atom stereocenters. The highest BCUT2D eigenvalue weighted by Crippen LogP contribution is 2.36. The molecule has 0 saturated heterocycles. The Morgan fingerprint density at radius 1 is 1.21 bits per heavy atom. The van der Waals surface area contributed by atoms with Crippen LogP contribution >= 0.6 is 0 Å². The first-order chi connectivity index (χ1) is 13.0. The van der Waals surface area contributed by atoms with E-state index in [-0.39, 0.29) is 23.8 Å². The summed E-state index contributed by atoms with van der Waals surface area (Å²) in [5.41, 5.74) is -1.04. The molecule has 0 fully saturated rings. The topological polar surface area (TPSA) is 103 Å². The Morgan fingerprint density at radius 2 is 1.89 bits per heavy atom. The molecule has 0 bridgehead atoms. The summed E-state index contributed by atoms with van der Waals surface area (Å²) in [6, 6.07) is 3.18. The van der Waals surface area contributed by atoms with E-state index in [0.29, 0.717) is 0 Å². The average Bonchev–Trinajstić information content (AvgIpc) is 3.16. The molecule has 0 saturated carbocycles. The lowest BCUT2D eigenvalue weighted by Crippen LogP contribution is -2.18. The highest BCUT2D eigenvalue weighted by Gasteiger charge is 2.40. The zero-order chi connectivity index (χ0) is 20.9. The Kier molecular flexibility index (Phi) is 4.73. The number of aromatic nitrogens is 5. The third-order valence-corrected chi connectivity index (χ3v) is 5.12. The summed E-state index contributed by atoms with van der Waals surface area (Å²) in [6.45, 7) is 4.82. The lowest BCUT2D eigenvalue weighted by atomic mass is 10.3. The summed E-state index contributed by atoms with van der Waals surface area (Å²) in [6.07, 6.45) is -4.84. The number of rotatable bonds is 5. The summed E-state index contributed by atoms with van der Waals surface area (Å²) in [5, 5.41) is 6.63. The zero-order valence-corrected chi connectivity index (χ0v) is 16.2. The second-order valence-corrected chi connectivity index (χ2v) is 7.54. The van der Waals surface area contributed by atoms with Gasteiger partial charge in [-0.3, -0.25) is 9.40 Å². The van der Waals surface area contributed by atoms with Crippen LogP contribution in [0.4, 0.5) is 18.9 Å². The lowest BCUT2D eigenvalue weighted by molar-refractivity contribution is -0.140. The van der Waals surface area contributed by atoms with Crippen molar-refractivity contribution in [2.24, 2.45) is 0 Å². The number of fused-ring (bicyclic) bond motifs is 1. The summed E-state index contributed by atoms with van der Waals surface area (Å²) < 4.78 is 74.6. The Balaban J connectivity index is 2.11. The van der Waals surface area contributed by atoms with E-state index in [1.165, 1.54) is 14.0 Å². The number of ether oxygens (including phenoxy) is 1. The Hall–Kier alpha value is -2.83. The minimum atomic E-state index is -4.84. The number of alkyl halides is 3. The average molecular weight is 418 g/mol. The van der Waals surface area contributed by atoms with Crippen LogP contribution in [0.15, 0.2) is 17.3 Å². The largest absolute Gasteiger partial charge is 0.481 e. The maximum atomic E-state index is 13.3. The SMILES string of the molecule is CCn1nc(C(F)(F)F)c(NS(=O)(=O)c2nc3cc(C)cc(OC)n3n2)c1C. The van der Waals surface area contributed by atoms with Gasteiger partial charge in [0.1, 0.15) is 5.69 Å². The van der Waals surface area contributed by atoms with E-state index in [9.17, 15) is 21.6 Å². The fraction of sp³-hybridized carbons (Fsp3) is 0.400. The van der Waals surface area contributed by atoms with E-state index in [1.807, 2.05) is 4.72 Å². The van der Waals surface area contributed by atoms with Crippen LogP contribution in [0.25, 0.3) is 5.65 Å². The number of nitrogens with zero attached hydrogens (tertiary/aromatic N) is 5. The molecule has 1 N–H and O–H groups in total. The number of aryl methyl sites for hydroxylation is 2. The minimum Gasteiger partial charge on any atom is -0.481 e. The van der Waals surface area contributed by atoms with Gasteiger partial charge in [0.25, 0.3) is 15.2 Å². The molecule has 152 valence electrons. The molecule has 3 heterocycles. The molecule has 0 aliphatic rings. The summed E-state index contributed by atoms with van der Waals surface area (Å²) in [5.74, 6) is 0.231. The molecule has 13 heteroatoms. The van der Waals surface area contributed by atoms with Crippen LogP contribution in [0.1, 0.15) is 23.9 Å². The van der Waals surface area contributed by atoms with Gasteiger partial charge < -0.3 is 4.74 Å². The molecule has 3 rings (SSSR count). The predicted molar refractivity (Wildman–Crippen MR) is 92.7 cm³/mol. The van der Waals surface area contributed by atoms with Gasteiger partial charge in [-0.1, -0.05) is 0 Å². The van der Waals surface area contributed by atoms with E-state index in [2.05, 4.69) is 15.2 Å². The Bertz CT molecular complexity index is 1150. The number of pyridine rings is 1. The number of hydrogen-bond acceptors (Lipinski definition) is 6. The van der Waals surface area contributed by atoms with Crippen LogP contribution in [0, 0.1) is 13.8 Å². The van der Waals surface area contributed by atoms with Crippen molar-refractivity contribution in [1.29, 1.82) is 0 Å². The molecular weight excluding hydrogens is 401 g/mol. The van der Waals surface area contributed by atoms with Crippen LogP contribution in [0.5, 0.6) is 5.88 Å². The second-order valence-electron chi connectivity index (χ2n) is 5.97. The Morgan fingerprint density at radius 3 is 2.46 bits per heavy atom. The molecule has 0 aromatic carbocycles. The van der Waals surface area contributed by atoms with Crippen molar-refractivity contribution in [1.82, 2.24) is 24.4 Å². The zero-order valence-electron chi connectivity index (χ0n) is 15.4. The number of hydrogen-bond donors (Lipinski definition) is 1. The summed E-state index contributed by atoms with van der Waals surface area (Å²) in [4.78, 5) is 3.91. The van der Waals surface area contributed by atoms with Gasteiger partial charge in [-0.2, -0.15) is 36.2 Å². The van der Waals surface area contributed by atoms with Gasteiger partial charge in [0.2, 0.25) is 5.88 Å². The van der Waals surface area contributed by atoms with Gasteiger partial charge in [0, 0.05) is 12.6 Å². The van der Waals surface area contributed by atoms with Crippen molar-refractivity contribution in [3.05, 3.63) is 29.1 Å². The van der Waals surface area contributed by atoms with Crippen LogP contribution < -0.4 is 9.46 Å². The predicted octanol–water partition coefficient (Wildman–Crippen LogP) is 2.39. The lowest BCUT2D eigenvalue weighted by Gasteiger charge is -2.08. The van der Waals surface area contributed by atoms with E-state index < -0.39 is 32.7 Å². The number of sulfonamides is 1. The molecule has 3 aromatic heterocycles.